The lowest BCUT2D eigenvalue weighted by Crippen LogP contribution is -2.21. The second-order valence-corrected chi connectivity index (χ2v) is 7.03. The number of carboxylic acid groups (broad SMARTS) is 1. The average molecular weight is 372 g/mol. The Balaban J connectivity index is 1.56. The van der Waals surface area contributed by atoms with Crippen LogP contribution in [0.4, 0.5) is 5.69 Å². The van der Waals surface area contributed by atoms with Crippen LogP contribution in [0.2, 0.25) is 0 Å². The van der Waals surface area contributed by atoms with E-state index in [1.54, 1.807) is 35.4 Å². The third-order valence-corrected chi connectivity index (χ3v) is 5.23. The van der Waals surface area contributed by atoms with Crippen LogP contribution in [0.3, 0.4) is 0 Å². The molecule has 0 radical (unpaired) electrons. The van der Waals surface area contributed by atoms with Gasteiger partial charge in [0, 0.05) is 18.1 Å². The normalized spacial score (nSPS) is 17.7. The highest BCUT2D eigenvalue weighted by Gasteiger charge is 2.41. The minimum Gasteiger partial charge on any atom is -0.478 e. The number of nitrogens with zero attached hydrogens (tertiary/aromatic N) is 2. The van der Waals surface area contributed by atoms with Crippen LogP contribution in [0.1, 0.15) is 45.3 Å². The Morgan fingerprint density at radius 2 is 1.86 bits per heavy atom. The van der Waals surface area contributed by atoms with Crippen molar-refractivity contribution < 1.29 is 14.7 Å². The summed E-state index contributed by atoms with van der Waals surface area (Å²) < 4.78 is 0. The van der Waals surface area contributed by atoms with Crippen molar-refractivity contribution >= 4 is 18.1 Å². The van der Waals surface area contributed by atoms with Gasteiger partial charge in [-0.3, -0.25) is 9.78 Å². The SMILES string of the molecule is O=CN(Cc1ccc(C(=O)O)cc1)c1ccccc1C1CC1c1cccnc1. The summed E-state index contributed by atoms with van der Waals surface area (Å²) in [6.45, 7) is 0.394. The Bertz CT molecular complexity index is 986. The number of hydrogen-bond donors (Lipinski definition) is 1. The molecule has 1 amide bonds. The minimum absolute atomic E-state index is 0.235. The Morgan fingerprint density at radius 1 is 1.07 bits per heavy atom. The molecule has 0 aliphatic heterocycles. The lowest BCUT2D eigenvalue weighted by molar-refractivity contribution is -0.107. The lowest BCUT2D eigenvalue weighted by Gasteiger charge is -2.21. The van der Waals surface area contributed by atoms with E-state index in [1.165, 1.54) is 5.56 Å². The number of carboxylic acids is 1. The smallest absolute Gasteiger partial charge is 0.335 e. The topological polar surface area (TPSA) is 70.5 Å². The lowest BCUT2D eigenvalue weighted by atomic mass is 10.0. The summed E-state index contributed by atoms with van der Waals surface area (Å²) in [6.07, 6.45) is 5.57. The Labute approximate surface area is 163 Å². The molecule has 1 aromatic heterocycles. The number of anilines is 1. The number of pyridine rings is 1. The van der Waals surface area contributed by atoms with Gasteiger partial charge in [-0.1, -0.05) is 36.4 Å². The maximum absolute atomic E-state index is 11.9. The zero-order valence-corrected chi connectivity index (χ0v) is 15.2. The maximum atomic E-state index is 11.9. The van der Waals surface area contributed by atoms with E-state index in [-0.39, 0.29) is 5.56 Å². The molecule has 1 saturated carbocycles. The summed E-state index contributed by atoms with van der Waals surface area (Å²) in [6, 6.07) is 18.7. The number of aromatic carboxylic acids is 1. The van der Waals surface area contributed by atoms with Crippen molar-refractivity contribution in [2.45, 2.75) is 24.8 Å². The van der Waals surface area contributed by atoms with Crippen LogP contribution < -0.4 is 4.90 Å². The number of carbonyl (C=O) groups is 2. The number of para-hydroxylation sites is 1. The quantitative estimate of drug-likeness (QED) is 0.631. The van der Waals surface area contributed by atoms with Crippen molar-refractivity contribution in [3.05, 3.63) is 95.3 Å². The zero-order chi connectivity index (χ0) is 19.5. The molecule has 0 spiro atoms. The van der Waals surface area contributed by atoms with Gasteiger partial charge in [0.25, 0.3) is 0 Å². The first-order valence-electron chi connectivity index (χ1n) is 9.20. The minimum atomic E-state index is -0.959. The molecule has 2 unspecified atom stereocenters. The number of hydrogen-bond acceptors (Lipinski definition) is 3. The molecule has 0 bridgehead atoms. The molecule has 2 atom stereocenters. The van der Waals surface area contributed by atoms with Gasteiger partial charge in [0.1, 0.15) is 0 Å². The molecule has 1 aliphatic carbocycles. The van der Waals surface area contributed by atoms with Gasteiger partial charge in [0.15, 0.2) is 0 Å². The summed E-state index contributed by atoms with van der Waals surface area (Å²) in [5, 5.41) is 9.03. The number of amides is 1. The van der Waals surface area contributed by atoms with Gasteiger partial charge < -0.3 is 10.0 Å². The van der Waals surface area contributed by atoms with Gasteiger partial charge in [-0.05, 0) is 59.2 Å². The molecule has 1 fully saturated rings. The monoisotopic (exact) mass is 372 g/mol. The van der Waals surface area contributed by atoms with Crippen LogP contribution in [-0.2, 0) is 11.3 Å². The molecular weight excluding hydrogens is 352 g/mol. The fourth-order valence-electron chi connectivity index (χ4n) is 3.69. The first-order chi connectivity index (χ1) is 13.7. The standard InChI is InChI=1S/C23H20N2O3/c26-15-25(14-16-7-9-17(10-8-16)23(27)28)22-6-2-1-5-19(22)21-12-20(21)18-4-3-11-24-13-18/h1-11,13,15,20-21H,12,14H2,(H,27,28). The predicted octanol–water partition coefficient (Wildman–Crippen LogP) is 4.21. The molecule has 2 aromatic carbocycles. The number of rotatable bonds is 7. The highest BCUT2D eigenvalue weighted by molar-refractivity contribution is 5.87. The van der Waals surface area contributed by atoms with Crippen molar-refractivity contribution in [3.63, 3.8) is 0 Å². The van der Waals surface area contributed by atoms with Gasteiger partial charge in [-0.25, -0.2) is 4.79 Å². The highest BCUT2D eigenvalue weighted by atomic mass is 16.4. The van der Waals surface area contributed by atoms with Crippen LogP contribution in [0.25, 0.3) is 0 Å². The Hall–Kier alpha value is -3.47. The second kappa shape index (κ2) is 7.64. The van der Waals surface area contributed by atoms with Crippen LogP contribution >= 0.6 is 0 Å². The van der Waals surface area contributed by atoms with E-state index >= 15 is 0 Å². The van der Waals surface area contributed by atoms with E-state index in [0.29, 0.717) is 18.4 Å². The first kappa shape index (κ1) is 17.9. The van der Waals surface area contributed by atoms with Crippen molar-refractivity contribution in [2.24, 2.45) is 0 Å². The van der Waals surface area contributed by atoms with Gasteiger partial charge >= 0.3 is 5.97 Å². The first-order valence-corrected chi connectivity index (χ1v) is 9.20. The number of aromatic nitrogens is 1. The van der Waals surface area contributed by atoms with E-state index in [4.69, 9.17) is 5.11 Å². The highest BCUT2D eigenvalue weighted by Crippen LogP contribution is 2.56. The molecule has 1 aliphatic rings. The molecule has 3 aromatic rings. The Kier molecular flexibility index (Phi) is 4.89. The van der Waals surface area contributed by atoms with Crippen LogP contribution in [-0.4, -0.2) is 22.5 Å². The molecule has 28 heavy (non-hydrogen) atoms. The third kappa shape index (κ3) is 3.64. The average Bonchev–Trinajstić information content (AvgIpc) is 3.54. The van der Waals surface area contributed by atoms with E-state index in [0.717, 1.165) is 29.6 Å². The van der Waals surface area contributed by atoms with Crippen molar-refractivity contribution in [1.82, 2.24) is 4.98 Å². The maximum Gasteiger partial charge on any atom is 0.335 e. The second-order valence-electron chi connectivity index (χ2n) is 7.03. The largest absolute Gasteiger partial charge is 0.478 e. The number of benzene rings is 2. The molecule has 4 rings (SSSR count). The summed E-state index contributed by atoms with van der Waals surface area (Å²) in [5.41, 5.74) is 4.40. The van der Waals surface area contributed by atoms with Crippen molar-refractivity contribution in [2.75, 3.05) is 4.90 Å². The zero-order valence-electron chi connectivity index (χ0n) is 15.2. The van der Waals surface area contributed by atoms with Gasteiger partial charge in [0.05, 0.1) is 12.1 Å². The van der Waals surface area contributed by atoms with E-state index in [9.17, 15) is 9.59 Å². The van der Waals surface area contributed by atoms with Crippen LogP contribution in [0.5, 0.6) is 0 Å². The summed E-state index contributed by atoms with van der Waals surface area (Å²) in [5.74, 6) is -0.158. The van der Waals surface area contributed by atoms with Crippen LogP contribution in [0, 0.1) is 0 Å². The summed E-state index contributed by atoms with van der Waals surface area (Å²) >= 11 is 0. The fourth-order valence-corrected chi connectivity index (χ4v) is 3.69. The molecule has 1 N–H and O–H groups in total. The van der Waals surface area contributed by atoms with Crippen molar-refractivity contribution in [1.29, 1.82) is 0 Å². The van der Waals surface area contributed by atoms with Crippen LogP contribution in [0.15, 0.2) is 73.1 Å². The molecular formula is C23H20N2O3. The predicted molar refractivity (Wildman–Crippen MR) is 106 cm³/mol. The molecule has 0 saturated heterocycles. The third-order valence-electron chi connectivity index (χ3n) is 5.23. The van der Waals surface area contributed by atoms with E-state index in [1.807, 2.05) is 30.5 Å². The fraction of sp³-hybridized carbons (Fsp3) is 0.174. The Morgan fingerprint density at radius 3 is 2.54 bits per heavy atom. The summed E-state index contributed by atoms with van der Waals surface area (Å²) in [7, 11) is 0. The molecule has 5 nitrogen and oxygen atoms in total. The molecule has 140 valence electrons. The summed E-state index contributed by atoms with van der Waals surface area (Å²) in [4.78, 5) is 28.8. The van der Waals surface area contributed by atoms with Gasteiger partial charge in [-0.15, -0.1) is 0 Å². The number of carbonyl (C=O) groups excluding carboxylic acids is 1. The van der Waals surface area contributed by atoms with E-state index in [2.05, 4.69) is 17.1 Å². The van der Waals surface area contributed by atoms with Gasteiger partial charge in [-0.2, -0.15) is 0 Å². The van der Waals surface area contributed by atoms with Gasteiger partial charge in [0.2, 0.25) is 6.41 Å². The molecule has 1 heterocycles. The van der Waals surface area contributed by atoms with E-state index < -0.39 is 5.97 Å². The molecule has 5 heteroatoms. The van der Waals surface area contributed by atoms with Crippen molar-refractivity contribution in [3.8, 4) is 0 Å².